The average molecular weight is 607 g/mol. The van der Waals surface area contributed by atoms with Crippen molar-refractivity contribution in [3.63, 3.8) is 0 Å². The summed E-state index contributed by atoms with van der Waals surface area (Å²) in [6, 6.07) is 3.95. The van der Waals surface area contributed by atoms with Gasteiger partial charge in [-0.1, -0.05) is 123 Å². The number of rotatable bonds is 24. The second-order valence-electron chi connectivity index (χ2n) is 10.8. The van der Waals surface area contributed by atoms with Gasteiger partial charge in [-0.05, 0) is 31.4 Å². The lowest BCUT2D eigenvalue weighted by Gasteiger charge is -2.16. The molecule has 0 unspecified atom stereocenters. The van der Waals surface area contributed by atoms with Crippen LogP contribution >= 0.6 is 0 Å². The van der Waals surface area contributed by atoms with Gasteiger partial charge in [-0.2, -0.15) is 0 Å². The van der Waals surface area contributed by atoms with Crippen molar-refractivity contribution in [3.8, 4) is 0 Å². The molecular weight excluding hydrogens is 553 g/mol. The van der Waals surface area contributed by atoms with Gasteiger partial charge in [-0.25, -0.2) is 25.3 Å². The van der Waals surface area contributed by atoms with Gasteiger partial charge in [0, 0.05) is 0 Å². The van der Waals surface area contributed by atoms with E-state index < -0.39 is 34.4 Å². The Bertz CT molecular complexity index is 1060. The van der Waals surface area contributed by atoms with Gasteiger partial charge in [0.1, 0.15) is 4.90 Å². The van der Waals surface area contributed by atoms with Crippen LogP contribution in [0.1, 0.15) is 136 Å². The van der Waals surface area contributed by atoms with Crippen LogP contribution in [0, 0.1) is 0 Å². The molecule has 0 saturated carbocycles. The molecule has 0 heterocycles. The van der Waals surface area contributed by atoms with Crippen molar-refractivity contribution in [3.05, 3.63) is 18.2 Å². The van der Waals surface area contributed by atoms with Crippen LogP contribution in [-0.4, -0.2) is 42.5 Å². The van der Waals surface area contributed by atoms with Gasteiger partial charge in [0.25, 0.3) is 0 Å². The SMILES string of the molecule is CCCCCCCCS(=O)(=O)c1cccc(S(=O)(=O)CCCCCCCC)c1S(=O)(=O)CCCCCCCC. The zero-order valence-corrected chi connectivity index (χ0v) is 27.2. The summed E-state index contributed by atoms with van der Waals surface area (Å²) in [5, 5.41) is 0. The molecule has 0 aromatic heterocycles. The van der Waals surface area contributed by atoms with Crippen molar-refractivity contribution in [1.29, 1.82) is 0 Å². The highest BCUT2D eigenvalue weighted by Gasteiger charge is 2.33. The summed E-state index contributed by atoms with van der Waals surface area (Å²) >= 11 is 0. The Morgan fingerprint density at radius 3 is 1.03 bits per heavy atom. The molecule has 0 bridgehead atoms. The predicted molar refractivity (Wildman–Crippen MR) is 163 cm³/mol. The van der Waals surface area contributed by atoms with Crippen molar-refractivity contribution < 1.29 is 25.3 Å². The maximum Gasteiger partial charge on any atom is 0.180 e. The molecule has 0 N–H and O–H groups in total. The largest absolute Gasteiger partial charge is 0.224 e. The Morgan fingerprint density at radius 1 is 0.410 bits per heavy atom. The molecule has 0 radical (unpaired) electrons. The van der Waals surface area contributed by atoms with E-state index in [9.17, 15) is 25.3 Å². The monoisotopic (exact) mass is 606 g/mol. The second kappa shape index (κ2) is 19.2. The molecule has 0 saturated heterocycles. The smallest absolute Gasteiger partial charge is 0.180 e. The van der Waals surface area contributed by atoms with Crippen LogP contribution in [0.25, 0.3) is 0 Å². The van der Waals surface area contributed by atoms with E-state index in [2.05, 4.69) is 20.8 Å². The van der Waals surface area contributed by atoms with Crippen molar-refractivity contribution >= 4 is 29.5 Å². The highest BCUT2D eigenvalue weighted by molar-refractivity contribution is 7.96. The summed E-state index contributed by atoms with van der Waals surface area (Å²) in [5.41, 5.74) is 0. The predicted octanol–water partition coefficient (Wildman–Crippen LogP) is 8.09. The first-order valence-corrected chi connectivity index (χ1v) is 20.3. The van der Waals surface area contributed by atoms with Crippen LogP contribution in [0.3, 0.4) is 0 Å². The Labute approximate surface area is 240 Å². The third-order valence-corrected chi connectivity index (χ3v) is 13.0. The normalized spacial score (nSPS) is 12.7. The fourth-order valence-corrected chi connectivity index (χ4v) is 10.9. The van der Waals surface area contributed by atoms with E-state index in [0.717, 1.165) is 89.9 Å². The minimum atomic E-state index is -4.12. The first kappa shape index (κ1) is 36.1. The summed E-state index contributed by atoms with van der Waals surface area (Å²) < 4.78 is 80.9. The molecule has 0 atom stereocenters. The van der Waals surface area contributed by atoms with Gasteiger partial charge in [0.2, 0.25) is 0 Å². The van der Waals surface area contributed by atoms with Crippen LogP contribution in [0.4, 0.5) is 0 Å². The Balaban J connectivity index is 3.24. The van der Waals surface area contributed by atoms with Gasteiger partial charge in [0.15, 0.2) is 29.5 Å². The quantitative estimate of drug-likeness (QED) is 0.110. The van der Waals surface area contributed by atoms with Crippen molar-refractivity contribution in [2.24, 2.45) is 0 Å². The molecule has 6 nitrogen and oxygen atoms in total. The maximum absolute atomic E-state index is 13.6. The lowest BCUT2D eigenvalue weighted by atomic mass is 10.1. The van der Waals surface area contributed by atoms with Crippen LogP contribution in [0.15, 0.2) is 32.9 Å². The number of benzene rings is 1. The molecule has 1 aromatic carbocycles. The van der Waals surface area contributed by atoms with E-state index in [4.69, 9.17) is 0 Å². The molecule has 0 aliphatic carbocycles. The molecule has 0 amide bonds. The second-order valence-corrected chi connectivity index (χ2v) is 17.0. The molecule has 0 aliphatic heterocycles. The zero-order chi connectivity index (χ0) is 29.2. The van der Waals surface area contributed by atoms with Crippen LogP contribution < -0.4 is 0 Å². The van der Waals surface area contributed by atoms with Crippen LogP contribution in [-0.2, 0) is 29.5 Å². The molecule has 0 aliphatic rings. The van der Waals surface area contributed by atoms with Gasteiger partial charge in [0.05, 0.1) is 27.0 Å². The van der Waals surface area contributed by atoms with E-state index in [1.807, 2.05) is 0 Å². The fraction of sp³-hybridized carbons (Fsp3) is 0.800. The van der Waals surface area contributed by atoms with Crippen LogP contribution in [0.5, 0.6) is 0 Å². The van der Waals surface area contributed by atoms with E-state index in [0.29, 0.717) is 25.7 Å². The minimum absolute atomic E-state index is 0.181. The van der Waals surface area contributed by atoms with Gasteiger partial charge in [-0.3, -0.25) is 0 Å². The van der Waals surface area contributed by atoms with Gasteiger partial charge < -0.3 is 0 Å². The summed E-state index contributed by atoms with van der Waals surface area (Å²) in [6.07, 6.45) is 15.9. The topological polar surface area (TPSA) is 102 Å². The highest BCUT2D eigenvalue weighted by Crippen LogP contribution is 2.32. The first-order chi connectivity index (χ1) is 18.5. The van der Waals surface area contributed by atoms with Crippen molar-refractivity contribution in [2.45, 2.75) is 151 Å². The number of unbranched alkanes of at least 4 members (excludes halogenated alkanes) is 15. The number of hydrogen-bond acceptors (Lipinski definition) is 6. The minimum Gasteiger partial charge on any atom is -0.224 e. The van der Waals surface area contributed by atoms with E-state index >= 15 is 0 Å². The molecule has 1 aromatic rings. The number of sulfone groups is 3. The third-order valence-electron chi connectivity index (χ3n) is 7.22. The molecule has 228 valence electrons. The Kier molecular flexibility index (Phi) is 17.8. The maximum atomic E-state index is 13.6. The summed E-state index contributed by atoms with van der Waals surface area (Å²) in [6.45, 7) is 6.34. The van der Waals surface area contributed by atoms with Crippen molar-refractivity contribution in [2.75, 3.05) is 17.3 Å². The first-order valence-electron chi connectivity index (χ1n) is 15.3. The van der Waals surface area contributed by atoms with E-state index in [-0.39, 0.29) is 27.0 Å². The van der Waals surface area contributed by atoms with E-state index in [1.165, 1.54) is 18.2 Å². The molecule has 39 heavy (non-hydrogen) atoms. The van der Waals surface area contributed by atoms with Gasteiger partial charge in [-0.15, -0.1) is 0 Å². The molecule has 1 rings (SSSR count). The van der Waals surface area contributed by atoms with E-state index in [1.54, 1.807) is 0 Å². The Morgan fingerprint density at radius 2 is 0.692 bits per heavy atom. The molecule has 0 spiro atoms. The Hall–Kier alpha value is -0.930. The summed E-state index contributed by atoms with van der Waals surface area (Å²) in [4.78, 5) is -1.17. The molecular formula is C30H54O6S3. The lowest BCUT2D eigenvalue weighted by Crippen LogP contribution is -2.20. The summed E-state index contributed by atoms with van der Waals surface area (Å²) in [7, 11) is -12.1. The number of hydrogen-bond donors (Lipinski definition) is 0. The summed E-state index contributed by atoms with van der Waals surface area (Å²) in [5.74, 6) is -0.610. The fourth-order valence-electron chi connectivity index (χ4n) is 4.83. The lowest BCUT2D eigenvalue weighted by molar-refractivity contribution is 0.563. The van der Waals surface area contributed by atoms with Gasteiger partial charge >= 0.3 is 0 Å². The highest BCUT2D eigenvalue weighted by atomic mass is 32.2. The molecule has 0 fully saturated rings. The van der Waals surface area contributed by atoms with Crippen molar-refractivity contribution in [1.82, 2.24) is 0 Å². The third kappa shape index (κ3) is 13.5. The zero-order valence-electron chi connectivity index (χ0n) is 24.8. The van der Waals surface area contributed by atoms with Crippen LogP contribution in [0.2, 0.25) is 0 Å². The standard InChI is InChI=1S/C30H54O6S3/c1-4-7-10-13-16-19-25-37(31,32)28-23-22-24-29(38(33,34)26-20-17-14-11-8-5-2)30(28)39(35,36)27-21-18-15-12-9-6-3/h22-24H,4-21,25-27H2,1-3H3. The average Bonchev–Trinajstić information content (AvgIpc) is 2.89. The molecule has 9 heteroatoms.